The third-order valence-electron chi connectivity index (χ3n) is 19.5. The van der Waals surface area contributed by atoms with E-state index >= 15 is 0 Å². The van der Waals surface area contributed by atoms with Crippen molar-refractivity contribution in [1.82, 2.24) is 50.3 Å². The van der Waals surface area contributed by atoms with E-state index in [1.54, 1.807) is 151 Å². The Kier molecular flexibility index (Phi) is 24.6. The van der Waals surface area contributed by atoms with E-state index < -0.39 is 45.3 Å². The zero-order chi connectivity index (χ0) is 77.9. The molecule has 2 fully saturated rings. The van der Waals surface area contributed by atoms with Crippen molar-refractivity contribution in [3.8, 4) is 102 Å². The topological polar surface area (TPSA) is 375 Å². The van der Waals surface area contributed by atoms with Crippen LogP contribution in [0.2, 0.25) is 0 Å². The molecule has 2 aliphatic carbocycles. The number of anilines is 6. The lowest BCUT2D eigenvalue weighted by Crippen LogP contribution is -2.20. The quantitative estimate of drug-likeness (QED) is 0.0309. The minimum atomic E-state index is -3.35. The second kappa shape index (κ2) is 34.6. The number of hydrogen-bond donors (Lipinski definition) is 6. The van der Waals surface area contributed by atoms with Crippen molar-refractivity contribution in [2.45, 2.75) is 123 Å². The molecule has 28 heteroatoms. The maximum Gasteiger partial charge on any atom is 0.189 e. The molecule has 25 nitrogen and oxygen atoms in total. The van der Waals surface area contributed by atoms with E-state index in [9.17, 15) is 25.3 Å². The molecule has 0 radical (unpaired) electrons. The van der Waals surface area contributed by atoms with Crippen LogP contribution in [0.3, 0.4) is 0 Å². The number of benzene rings is 6. The monoisotopic (exact) mass is 1540 g/mol. The molecule has 0 amide bonds. The van der Waals surface area contributed by atoms with Crippen LogP contribution < -0.4 is 33.2 Å². The van der Waals surface area contributed by atoms with Gasteiger partial charge < -0.3 is 51.6 Å². The molecule has 12 aromatic rings. The number of nitrogens with one attached hydrogen (secondary N) is 3. The minimum absolute atomic E-state index is 0.209. The Labute approximate surface area is 642 Å². The molecule has 9 N–H and O–H groups in total. The van der Waals surface area contributed by atoms with Crippen molar-refractivity contribution in [2.24, 2.45) is 11.8 Å². The summed E-state index contributed by atoms with van der Waals surface area (Å²) in [6.45, 7) is 13.8. The van der Waals surface area contributed by atoms with Gasteiger partial charge in [0, 0.05) is 94.8 Å². The lowest BCUT2D eigenvalue weighted by Gasteiger charge is -2.11. The van der Waals surface area contributed by atoms with Gasteiger partial charge in [-0.05, 0) is 166 Å². The van der Waals surface area contributed by atoms with Gasteiger partial charge in [-0.1, -0.05) is 114 Å². The SMILES string of the molecule is CC(C)S(=O)(=O)c1ccc(-c2cnc(N)c(-c3cc(-c4ccc(NCC5CCCC5)cc4)no3)n2)cc1.CC(C)S(=O)(=O)c1ccc(-c2cnc(N)c(-c3cc(-c4ccc(NCC5CCCC5)cc4)no3)n2)cc1.CC(C)S(=O)(=O)c1ccc(-c2cnc(N)c(-c3cc(-c4ccc(NCCN(C)C)cc4)no3)n2)cc1. The van der Waals surface area contributed by atoms with E-state index in [1.165, 1.54) is 51.4 Å². The van der Waals surface area contributed by atoms with Gasteiger partial charge in [0.15, 0.2) is 81.3 Å². The van der Waals surface area contributed by atoms with Crippen molar-refractivity contribution in [1.29, 1.82) is 0 Å². The molecule has 6 heterocycles. The van der Waals surface area contributed by atoms with Crippen LogP contribution in [0.25, 0.3) is 102 Å². The second-order valence-electron chi connectivity index (χ2n) is 28.6. The molecule has 572 valence electrons. The number of nitrogen functional groups attached to an aromatic ring is 3. The van der Waals surface area contributed by atoms with E-state index in [4.69, 9.17) is 30.8 Å². The average molecular weight is 1540 g/mol. The van der Waals surface area contributed by atoms with Gasteiger partial charge in [-0.2, -0.15) is 0 Å². The van der Waals surface area contributed by atoms with E-state index in [0.29, 0.717) is 74.1 Å². The number of hydrogen-bond acceptors (Lipinski definition) is 25. The van der Waals surface area contributed by atoms with Crippen molar-refractivity contribution in [3.05, 3.63) is 182 Å². The van der Waals surface area contributed by atoms with Gasteiger partial charge in [-0.15, -0.1) is 0 Å². The van der Waals surface area contributed by atoms with Crippen molar-refractivity contribution >= 4 is 64.0 Å². The summed E-state index contributed by atoms with van der Waals surface area (Å²) < 4.78 is 91.2. The molecule has 0 atom stereocenters. The molecule has 110 heavy (non-hydrogen) atoms. The highest BCUT2D eigenvalue weighted by molar-refractivity contribution is 7.92. The number of sulfone groups is 3. The second-order valence-corrected chi connectivity index (χ2v) is 36.1. The fourth-order valence-electron chi connectivity index (χ4n) is 12.6. The highest BCUT2D eigenvalue weighted by Crippen LogP contribution is 2.36. The van der Waals surface area contributed by atoms with Crippen LogP contribution in [0.1, 0.15) is 92.9 Å². The summed E-state index contributed by atoms with van der Waals surface area (Å²) in [7, 11) is -5.98. The predicted octanol–water partition coefficient (Wildman–Crippen LogP) is 15.9. The van der Waals surface area contributed by atoms with Crippen molar-refractivity contribution in [2.75, 3.05) is 73.4 Å². The molecule has 6 aromatic heterocycles. The Morgan fingerprint density at radius 3 is 0.900 bits per heavy atom. The largest absolute Gasteiger partial charge is 0.385 e. The first kappa shape index (κ1) is 78.4. The van der Waals surface area contributed by atoms with Gasteiger partial charge in [0.05, 0.1) is 66.1 Å². The van der Waals surface area contributed by atoms with Crippen LogP contribution in [-0.2, 0) is 29.5 Å². The lowest BCUT2D eigenvalue weighted by molar-refractivity contribution is 0.425. The third-order valence-corrected chi connectivity index (χ3v) is 26.0. The van der Waals surface area contributed by atoms with E-state index in [-0.39, 0.29) is 32.1 Å². The van der Waals surface area contributed by atoms with Gasteiger partial charge in [-0.25, -0.2) is 55.2 Å². The Hall–Kier alpha value is -11.2. The first-order valence-electron chi connectivity index (χ1n) is 36.8. The Morgan fingerprint density at radius 2 is 0.636 bits per heavy atom. The molecule has 2 saturated carbocycles. The van der Waals surface area contributed by atoms with E-state index in [2.05, 4.69) is 90.5 Å². The minimum Gasteiger partial charge on any atom is -0.385 e. The molecule has 14 rings (SSSR count). The number of likely N-dealkylation sites (N-methyl/N-ethyl adjacent to an activating group) is 1. The van der Waals surface area contributed by atoms with Crippen LogP contribution >= 0.6 is 0 Å². The number of nitrogens with two attached hydrogens (primary N) is 3. The molecule has 0 spiro atoms. The highest BCUT2D eigenvalue weighted by atomic mass is 32.2. The van der Waals surface area contributed by atoms with E-state index in [0.717, 1.165) is 82.9 Å². The van der Waals surface area contributed by atoms with Gasteiger partial charge >= 0.3 is 0 Å². The number of rotatable bonds is 25. The van der Waals surface area contributed by atoms with Crippen LogP contribution in [-0.4, -0.2) is 132 Å². The third kappa shape index (κ3) is 18.9. The fourth-order valence-corrected chi connectivity index (χ4v) is 15.8. The van der Waals surface area contributed by atoms with Crippen LogP contribution in [0.5, 0.6) is 0 Å². The summed E-state index contributed by atoms with van der Waals surface area (Å²) in [5, 5.41) is 21.6. The highest BCUT2D eigenvalue weighted by Gasteiger charge is 2.25. The summed E-state index contributed by atoms with van der Waals surface area (Å²) in [5.41, 5.74) is 31.2. The molecule has 0 aliphatic heterocycles. The molecule has 2 aliphatic rings. The van der Waals surface area contributed by atoms with Crippen molar-refractivity contribution in [3.63, 3.8) is 0 Å². The number of aromatic nitrogens is 9. The van der Waals surface area contributed by atoms with Crippen LogP contribution in [0.4, 0.5) is 34.5 Å². The van der Waals surface area contributed by atoms with Crippen LogP contribution in [0, 0.1) is 11.8 Å². The lowest BCUT2D eigenvalue weighted by atomic mass is 10.1. The van der Waals surface area contributed by atoms with Gasteiger partial charge in [0.2, 0.25) is 0 Å². The Morgan fingerprint density at radius 1 is 0.382 bits per heavy atom. The maximum atomic E-state index is 12.4. The summed E-state index contributed by atoms with van der Waals surface area (Å²) in [6, 6.07) is 49.3. The van der Waals surface area contributed by atoms with Crippen molar-refractivity contribution < 1.29 is 38.8 Å². The van der Waals surface area contributed by atoms with Gasteiger partial charge in [0.1, 0.15) is 17.1 Å². The first-order chi connectivity index (χ1) is 52.8. The fraction of sp³-hybridized carbons (Fsp3) is 0.305. The number of nitrogens with zero attached hydrogens (tertiary/aromatic N) is 10. The molecular weight excluding hydrogens is 1450 g/mol. The molecule has 0 bridgehead atoms. The van der Waals surface area contributed by atoms with Gasteiger partial charge in [0.25, 0.3) is 0 Å². The summed E-state index contributed by atoms with van der Waals surface area (Å²) >= 11 is 0. The molecular formula is C82H92N16O9S3. The average Bonchev–Trinajstić information content (AvgIpc) is 1.67. The molecule has 6 aromatic carbocycles. The maximum absolute atomic E-state index is 12.4. The standard InChI is InChI=1S/2C28H31N5O3S.C26H30N6O3S/c2*1-18(2)37(34,35)23-13-9-21(10-14-23)25-17-31-28(29)27(32-25)26-15-24(33-36-26)20-7-11-22(12-8-20)30-16-19-5-3-4-6-19;1-17(2)36(33,34)21-11-7-19(8-12-21)23-16-29-26(27)25(30-23)24-15-22(31-35-24)18-5-9-20(10-6-18)28-13-14-32(3)4/h2*7-15,17-19,30H,3-6,16H2,1-2H3,(H2,29,31);5-12,15-17,28H,13-14H2,1-4H3,(H2,27,29). The predicted molar refractivity (Wildman–Crippen MR) is 433 cm³/mol. The smallest absolute Gasteiger partial charge is 0.189 e. The molecule has 0 unspecified atom stereocenters. The zero-order valence-corrected chi connectivity index (χ0v) is 65.2. The summed E-state index contributed by atoms with van der Waals surface area (Å²) in [6.07, 6.45) is 15.3. The Balaban J connectivity index is 0.000000154. The zero-order valence-electron chi connectivity index (χ0n) is 62.8. The first-order valence-corrected chi connectivity index (χ1v) is 41.4. The van der Waals surface area contributed by atoms with Crippen LogP contribution in [0.15, 0.2) is 211 Å². The van der Waals surface area contributed by atoms with Gasteiger partial charge in [-0.3, -0.25) is 0 Å². The normalized spacial score (nSPS) is 13.5. The Bertz CT molecular complexity index is 5230. The van der Waals surface area contributed by atoms with E-state index in [1.807, 2.05) is 62.6 Å². The summed E-state index contributed by atoms with van der Waals surface area (Å²) in [4.78, 5) is 29.7. The summed E-state index contributed by atoms with van der Waals surface area (Å²) in [5.74, 6) is 3.39. The molecule has 0 saturated heterocycles.